The summed E-state index contributed by atoms with van der Waals surface area (Å²) < 4.78 is 14.4. The lowest BCUT2D eigenvalue weighted by Crippen LogP contribution is -1.87. The molecule has 0 fully saturated rings. The van der Waals surface area contributed by atoms with Gasteiger partial charge in [0, 0.05) is 39.8 Å². The van der Waals surface area contributed by atoms with Crippen molar-refractivity contribution in [2.24, 2.45) is 0 Å². The normalized spacial score (nSPS) is 11.4. The third-order valence-corrected chi connectivity index (χ3v) is 5.40. The topological polar surface area (TPSA) is 103 Å². The van der Waals surface area contributed by atoms with Gasteiger partial charge in [-0.2, -0.15) is 5.10 Å². The van der Waals surface area contributed by atoms with Gasteiger partial charge in [-0.05, 0) is 36.4 Å². The number of halogens is 1. The third kappa shape index (κ3) is 2.89. The Balaban J connectivity index is 1.52. The lowest BCUT2D eigenvalue weighted by Gasteiger charge is -2.03. The molecule has 0 saturated carbocycles. The van der Waals surface area contributed by atoms with Gasteiger partial charge in [-0.1, -0.05) is 12.1 Å². The summed E-state index contributed by atoms with van der Waals surface area (Å²) in [5, 5.41) is 18.9. The van der Waals surface area contributed by atoms with Gasteiger partial charge in [0.25, 0.3) is 0 Å². The number of rotatable bonds is 3. The van der Waals surface area contributed by atoms with Crippen LogP contribution in [0.2, 0.25) is 0 Å². The maximum atomic E-state index is 14.4. The van der Waals surface area contributed by atoms with E-state index < -0.39 is 0 Å². The number of nitrogens with zero attached hydrogens (tertiary/aromatic N) is 4. The second-order valence-corrected chi connectivity index (χ2v) is 7.40. The SMILES string of the molecule is Oc1cncc(-c2cc3c(-c4cc5c(-c6ccccc6F)nccc5[nH]4)n[nH]c3cn2)c1. The Morgan fingerprint density at radius 3 is 2.59 bits per heavy atom. The molecule has 0 amide bonds. The van der Waals surface area contributed by atoms with E-state index in [0.29, 0.717) is 28.2 Å². The van der Waals surface area contributed by atoms with E-state index in [-0.39, 0.29) is 11.6 Å². The molecule has 154 valence electrons. The molecule has 3 N–H and O–H groups in total. The predicted octanol–water partition coefficient (Wildman–Crippen LogP) is 5.07. The van der Waals surface area contributed by atoms with Crippen LogP contribution in [0.25, 0.3) is 55.7 Å². The van der Waals surface area contributed by atoms with E-state index in [1.165, 1.54) is 12.3 Å². The molecule has 0 saturated heterocycles. The van der Waals surface area contributed by atoms with Crippen molar-refractivity contribution >= 4 is 21.8 Å². The second-order valence-electron chi connectivity index (χ2n) is 7.40. The minimum absolute atomic E-state index is 0.0700. The summed E-state index contributed by atoms with van der Waals surface area (Å²) in [6, 6.07) is 13.9. The summed E-state index contributed by atoms with van der Waals surface area (Å²) in [6.07, 6.45) is 6.37. The average molecular weight is 422 g/mol. The van der Waals surface area contributed by atoms with Gasteiger partial charge in [0.15, 0.2) is 0 Å². The van der Waals surface area contributed by atoms with E-state index in [4.69, 9.17) is 0 Å². The van der Waals surface area contributed by atoms with Crippen molar-refractivity contribution in [3.8, 4) is 39.7 Å². The van der Waals surface area contributed by atoms with Crippen molar-refractivity contribution in [3.05, 3.63) is 79.1 Å². The summed E-state index contributed by atoms with van der Waals surface area (Å²) >= 11 is 0. The Hall–Kier alpha value is -4.59. The van der Waals surface area contributed by atoms with Crippen molar-refractivity contribution in [2.75, 3.05) is 0 Å². The maximum absolute atomic E-state index is 14.4. The number of nitrogens with one attached hydrogen (secondary N) is 2. The van der Waals surface area contributed by atoms with Gasteiger partial charge in [0.05, 0.1) is 35.0 Å². The fourth-order valence-corrected chi connectivity index (χ4v) is 3.90. The van der Waals surface area contributed by atoms with E-state index in [1.807, 2.05) is 18.2 Å². The Bertz CT molecular complexity index is 1620. The van der Waals surface area contributed by atoms with Crippen LogP contribution in [-0.2, 0) is 0 Å². The van der Waals surface area contributed by atoms with Gasteiger partial charge in [-0.3, -0.25) is 20.1 Å². The molecule has 6 aromatic rings. The zero-order valence-electron chi connectivity index (χ0n) is 16.5. The van der Waals surface area contributed by atoms with Crippen molar-refractivity contribution in [1.82, 2.24) is 30.1 Å². The summed E-state index contributed by atoms with van der Waals surface area (Å²) in [4.78, 5) is 16.3. The summed E-state index contributed by atoms with van der Waals surface area (Å²) in [5.74, 6) is -0.253. The van der Waals surface area contributed by atoms with E-state index in [1.54, 1.807) is 42.9 Å². The molecule has 32 heavy (non-hydrogen) atoms. The van der Waals surface area contributed by atoms with Gasteiger partial charge < -0.3 is 10.1 Å². The number of aromatic hydroxyl groups is 1. The Morgan fingerprint density at radius 1 is 0.844 bits per heavy atom. The van der Waals surface area contributed by atoms with E-state index in [0.717, 1.165) is 27.5 Å². The molecule has 5 aromatic heterocycles. The number of H-pyrrole nitrogens is 2. The van der Waals surface area contributed by atoms with Crippen LogP contribution in [0.3, 0.4) is 0 Å². The number of fused-ring (bicyclic) bond motifs is 2. The molecule has 8 heteroatoms. The largest absolute Gasteiger partial charge is 0.506 e. The minimum Gasteiger partial charge on any atom is -0.506 e. The second kappa shape index (κ2) is 6.98. The third-order valence-electron chi connectivity index (χ3n) is 5.40. The first-order valence-electron chi connectivity index (χ1n) is 9.89. The molecule has 1 aromatic carbocycles. The molecule has 0 unspecified atom stereocenters. The highest BCUT2D eigenvalue weighted by Crippen LogP contribution is 2.34. The lowest BCUT2D eigenvalue weighted by molar-refractivity contribution is 0.473. The summed E-state index contributed by atoms with van der Waals surface area (Å²) in [6.45, 7) is 0. The Morgan fingerprint density at radius 2 is 1.72 bits per heavy atom. The molecular formula is C24H15FN6O. The zero-order chi connectivity index (χ0) is 21.7. The molecule has 5 heterocycles. The molecule has 0 radical (unpaired) electrons. The molecule has 0 aliphatic carbocycles. The molecular weight excluding hydrogens is 407 g/mol. The van der Waals surface area contributed by atoms with Gasteiger partial charge in [-0.25, -0.2) is 4.39 Å². The highest BCUT2D eigenvalue weighted by atomic mass is 19.1. The quantitative estimate of drug-likeness (QED) is 0.369. The predicted molar refractivity (Wildman–Crippen MR) is 119 cm³/mol. The molecule has 7 nitrogen and oxygen atoms in total. The Labute approximate surface area is 180 Å². The smallest absolute Gasteiger partial charge is 0.134 e. The van der Waals surface area contributed by atoms with Crippen LogP contribution in [0.15, 0.2) is 73.3 Å². The van der Waals surface area contributed by atoms with Crippen LogP contribution in [-0.4, -0.2) is 35.2 Å². The van der Waals surface area contributed by atoms with Crippen LogP contribution < -0.4 is 0 Å². The molecule has 6 rings (SSSR count). The summed E-state index contributed by atoms with van der Waals surface area (Å²) in [5.41, 5.74) is 5.43. The fraction of sp³-hybridized carbons (Fsp3) is 0. The first-order valence-corrected chi connectivity index (χ1v) is 9.89. The molecule has 0 aliphatic rings. The standard InChI is InChI=1S/C24H15FN6O/c25-18-4-2-1-3-15(18)23-16-9-21(29-19(16)5-6-27-23)24-17-8-20(28-12-22(17)30-31-24)13-7-14(32)11-26-10-13/h1-12,29,32H,(H,30,31). The number of aromatic nitrogens is 6. The van der Waals surface area contributed by atoms with Crippen molar-refractivity contribution in [1.29, 1.82) is 0 Å². The molecule has 0 bridgehead atoms. The lowest BCUT2D eigenvalue weighted by atomic mass is 10.1. The monoisotopic (exact) mass is 422 g/mol. The molecule has 0 atom stereocenters. The van der Waals surface area contributed by atoms with Crippen molar-refractivity contribution in [3.63, 3.8) is 0 Å². The zero-order valence-corrected chi connectivity index (χ0v) is 16.5. The average Bonchev–Trinajstić information content (AvgIpc) is 3.43. The highest BCUT2D eigenvalue weighted by molar-refractivity contribution is 6.00. The molecule has 0 spiro atoms. The first-order chi connectivity index (χ1) is 15.7. The van der Waals surface area contributed by atoms with Gasteiger partial charge in [0.1, 0.15) is 17.3 Å². The number of pyridine rings is 3. The van der Waals surface area contributed by atoms with Gasteiger partial charge >= 0.3 is 0 Å². The Kier molecular flexibility index (Phi) is 3.97. The molecule has 0 aliphatic heterocycles. The van der Waals surface area contributed by atoms with Crippen LogP contribution in [0.5, 0.6) is 5.75 Å². The maximum Gasteiger partial charge on any atom is 0.134 e. The van der Waals surface area contributed by atoms with Crippen LogP contribution in [0, 0.1) is 5.82 Å². The number of aromatic amines is 2. The van der Waals surface area contributed by atoms with E-state index >= 15 is 0 Å². The number of hydrogen-bond donors (Lipinski definition) is 3. The summed E-state index contributed by atoms with van der Waals surface area (Å²) in [7, 11) is 0. The van der Waals surface area contributed by atoms with Crippen LogP contribution >= 0.6 is 0 Å². The van der Waals surface area contributed by atoms with Gasteiger partial charge in [0.2, 0.25) is 0 Å². The van der Waals surface area contributed by atoms with Crippen molar-refractivity contribution < 1.29 is 9.50 Å². The highest BCUT2D eigenvalue weighted by Gasteiger charge is 2.16. The fourth-order valence-electron chi connectivity index (χ4n) is 3.90. The van der Waals surface area contributed by atoms with Gasteiger partial charge in [-0.15, -0.1) is 0 Å². The number of hydrogen-bond acceptors (Lipinski definition) is 5. The van der Waals surface area contributed by atoms with E-state index in [2.05, 4.69) is 30.1 Å². The van der Waals surface area contributed by atoms with Crippen LogP contribution in [0.1, 0.15) is 0 Å². The van der Waals surface area contributed by atoms with Crippen molar-refractivity contribution in [2.45, 2.75) is 0 Å². The van der Waals surface area contributed by atoms with Crippen LogP contribution in [0.4, 0.5) is 4.39 Å². The number of benzene rings is 1. The first kappa shape index (κ1) is 18.2. The minimum atomic E-state index is -0.323. The van der Waals surface area contributed by atoms with E-state index in [9.17, 15) is 9.50 Å².